The Morgan fingerprint density at radius 2 is 2.05 bits per heavy atom. The van der Waals surface area contributed by atoms with E-state index in [1.165, 1.54) is 0 Å². The molecule has 8 nitrogen and oxygen atoms in total. The lowest BCUT2D eigenvalue weighted by Gasteiger charge is -2.07. The van der Waals surface area contributed by atoms with Crippen molar-refractivity contribution in [3.8, 4) is 6.01 Å². The molecule has 0 fully saturated rings. The highest BCUT2D eigenvalue weighted by molar-refractivity contribution is 5.35. The Morgan fingerprint density at radius 3 is 2.70 bits per heavy atom. The molecule has 0 aliphatic carbocycles. The fourth-order valence-electron chi connectivity index (χ4n) is 1.44. The molecule has 0 unspecified atom stereocenters. The molecule has 2 heterocycles. The molecule has 2 aromatic heterocycles. The summed E-state index contributed by atoms with van der Waals surface area (Å²) in [6.07, 6.45) is 2.55. The lowest BCUT2D eigenvalue weighted by atomic mass is 10.5. The summed E-state index contributed by atoms with van der Waals surface area (Å²) in [6.45, 7) is 4.82. The Kier molecular flexibility index (Phi) is 4.70. The maximum absolute atomic E-state index is 5.41. The standard InChI is InChI=1S/C12H18N6O2/c1-4-5-19-12-17-10(13-3)16-11(18-12)15-7-9-14-6-8(2)20-9/h6H,4-5,7H2,1-3H3,(H2,13,15,16,17,18). The molecule has 0 saturated carbocycles. The third kappa shape index (κ3) is 3.81. The zero-order chi connectivity index (χ0) is 14.4. The number of nitrogens with zero attached hydrogens (tertiary/aromatic N) is 4. The van der Waals surface area contributed by atoms with E-state index in [4.69, 9.17) is 9.15 Å². The van der Waals surface area contributed by atoms with E-state index in [0.717, 1.165) is 12.2 Å². The predicted octanol–water partition coefficient (Wildman–Crippen LogP) is 1.61. The Bertz CT molecular complexity index is 557. The first-order valence-corrected chi connectivity index (χ1v) is 6.43. The van der Waals surface area contributed by atoms with E-state index in [1.807, 2.05) is 13.8 Å². The second-order valence-electron chi connectivity index (χ2n) is 4.08. The summed E-state index contributed by atoms with van der Waals surface area (Å²) in [5, 5.41) is 5.89. The molecule has 0 aromatic carbocycles. The van der Waals surface area contributed by atoms with E-state index in [0.29, 0.717) is 30.9 Å². The van der Waals surface area contributed by atoms with Gasteiger partial charge in [0.15, 0.2) is 0 Å². The summed E-state index contributed by atoms with van der Waals surface area (Å²) in [6, 6.07) is 0.289. The van der Waals surface area contributed by atoms with Gasteiger partial charge in [0.1, 0.15) is 5.76 Å². The van der Waals surface area contributed by atoms with Crippen molar-refractivity contribution in [2.24, 2.45) is 0 Å². The number of nitrogens with one attached hydrogen (secondary N) is 2. The van der Waals surface area contributed by atoms with Crippen LogP contribution in [-0.4, -0.2) is 33.6 Å². The van der Waals surface area contributed by atoms with Crippen LogP contribution in [0.4, 0.5) is 11.9 Å². The zero-order valence-corrected chi connectivity index (χ0v) is 11.8. The number of aryl methyl sites for hydroxylation is 1. The zero-order valence-electron chi connectivity index (χ0n) is 11.8. The lowest BCUT2D eigenvalue weighted by molar-refractivity contribution is 0.292. The summed E-state index contributed by atoms with van der Waals surface area (Å²) in [5.74, 6) is 2.19. The Labute approximate surface area is 117 Å². The molecule has 0 amide bonds. The third-order valence-corrected chi connectivity index (χ3v) is 2.34. The molecule has 0 spiro atoms. The van der Waals surface area contributed by atoms with Gasteiger partial charge in [-0.1, -0.05) is 6.92 Å². The van der Waals surface area contributed by atoms with Crippen molar-refractivity contribution >= 4 is 11.9 Å². The van der Waals surface area contributed by atoms with Crippen molar-refractivity contribution in [1.82, 2.24) is 19.9 Å². The quantitative estimate of drug-likeness (QED) is 0.788. The topological polar surface area (TPSA) is 98.0 Å². The Balaban J connectivity index is 2.05. The number of aromatic nitrogens is 4. The van der Waals surface area contributed by atoms with Crippen LogP contribution in [0.2, 0.25) is 0 Å². The molecule has 0 aliphatic heterocycles. The number of rotatable bonds is 7. The molecular weight excluding hydrogens is 260 g/mol. The van der Waals surface area contributed by atoms with E-state index >= 15 is 0 Å². The summed E-state index contributed by atoms with van der Waals surface area (Å²) >= 11 is 0. The summed E-state index contributed by atoms with van der Waals surface area (Å²) in [7, 11) is 1.74. The molecule has 0 saturated heterocycles. The second-order valence-corrected chi connectivity index (χ2v) is 4.08. The lowest BCUT2D eigenvalue weighted by Crippen LogP contribution is -2.10. The van der Waals surface area contributed by atoms with Crippen molar-refractivity contribution in [2.45, 2.75) is 26.8 Å². The van der Waals surface area contributed by atoms with Crippen molar-refractivity contribution in [2.75, 3.05) is 24.3 Å². The first-order valence-electron chi connectivity index (χ1n) is 6.43. The van der Waals surface area contributed by atoms with E-state index in [9.17, 15) is 0 Å². The third-order valence-electron chi connectivity index (χ3n) is 2.34. The fourth-order valence-corrected chi connectivity index (χ4v) is 1.44. The van der Waals surface area contributed by atoms with Crippen molar-refractivity contribution in [3.05, 3.63) is 17.8 Å². The van der Waals surface area contributed by atoms with Crippen LogP contribution < -0.4 is 15.4 Å². The largest absolute Gasteiger partial charge is 0.463 e. The van der Waals surface area contributed by atoms with Gasteiger partial charge in [0.05, 0.1) is 19.3 Å². The molecule has 0 aliphatic rings. The number of oxazole rings is 1. The molecule has 20 heavy (non-hydrogen) atoms. The van der Waals surface area contributed by atoms with Crippen LogP contribution in [0, 0.1) is 6.92 Å². The van der Waals surface area contributed by atoms with E-state index < -0.39 is 0 Å². The minimum absolute atomic E-state index is 0.289. The molecule has 0 bridgehead atoms. The highest BCUT2D eigenvalue weighted by Crippen LogP contribution is 2.12. The van der Waals surface area contributed by atoms with Crippen molar-refractivity contribution in [1.29, 1.82) is 0 Å². The van der Waals surface area contributed by atoms with Crippen molar-refractivity contribution < 1.29 is 9.15 Å². The Hall–Kier alpha value is -2.38. The molecule has 8 heteroatoms. The van der Waals surface area contributed by atoms with E-state index in [2.05, 4.69) is 30.6 Å². The molecule has 2 N–H and O–H groups in total. The van der Waals surface area contributed by atoms with Crippen LogP contribution in [0.3, 0.4) is 0 Å². The van der Waals surface area contributed by atoms with Gasteiger partial charge in [-0.15, -0.1) is 0 Å². The van der Waals surface area contributed by atoms with Gasteiger partial charge in [0.2, 0.25) is 17.8 Å². The highest BCUT2D eigenvalue weighted by atomic mass is 16.5. The molecule has 2 rings (SSSR count). The Morgan fingerprint density at radius 1 is 1.25 bits per heavy atom. The molecule has 0 atom stereocenters. The first kappa shape index (κ1) is 14.0. The first-order chi connectivity index (χ1) is 9.71. The van der Waals surface area contributed by atoms with E-state index in [-0.39, 0.29) is 6.01 Å². The maximum Gasteiger partial charge on any atom is 0.323 e. The minimum atomic E-state index is 0.289. The molecular formula is C12H18N6O2. The fraction of sp³-hybridized carbons (Fsp3) is 0.500. The maximum atomic E-state index is 5.41. The second kappa shape index (κ2) is 6.69. The highest BCUT2D eigenvalue weighted by Gasteiger charge is 2.07. The van der Waals surface area contributed by atoms with Crippen LogP contribution in [0.5, 0.6) is 6.01 Å². The smallest absolute Gasteiger partial charge is 0.323 e. The number of ether oxygens (including phenoxy) is 1. The van der Waals surface area contributed by atoms with Gasteiger partial charge in [-0.3, -0.25) is 0 Å². The van der Waals surface area contributed by atoms with Gasteiger partial charge in [0.25, 0.3) is 0 Å². The van der Waals surface area contributed by atoms with Crippen LogP contribution in [0.25, 0.3) is 0 Å². The minimum Gasteiger partial charge on any atom is -0.463 e. The van der Waals surface area contributed by atoms with Gasteiger partial charge in [-0.05, 0) is 13.3 Å². The van der Waals surface area contributed by atoms with Gasteiger partial charge in [-0.2, -0.15) is 15.0 Å². The number of hydrogen-bond donors (Lipinski definition) is 2. The number of hydrogen-bond acceptors (Lipinski definition) is 8. The molecule has 108 valence electrons. The van der Waals surface area contributed by atoms with Gasteiger partial charge >= 0.3 is 6.01 Å². The number of anilines is 2. The van der Waals surface area contributed by atoms with Crippen LogP contribution in [0.1, 0.15) is 25.0 Å². The average molecular weight is 278 g/mol. The van der Waals surface area contributed by atoms with Gasteiger partial charge in [0, 0.05) is 7.05 Å². The predicted molar refractivity (Wildman–Crippen MR) is 73.7 cm³/mol. The summed E-state index contributed by atoms with van der Waals surface area (Å²) < 4.78 is 10.8. The van der Waals surface area contributed by atoms with Gasteiger partial charge in [-0.25, -0.2) is 4.98 Å². The summed E-state index contributed by atoms with van der Waals surface area (Å²) in [5.41, 5.74) is 0. The molecule has 0 radical (unpaired) electrons. The van der Waals surface area contributed by atoms with E-state index in [1.54, 1.807) is 13.2 Å². The normalized spacial score (nSPS) is 10.3. The van der Waals surface area contributed by atoms with Crippen LogP contribution >= 0.6 is 0 Å². The van der Waals surface area contributed by atoms with Crippen LogP contribution in [0.15, 0.2) is 10.6 Å². The molecule has 2 aromatic rings. The van der Waals surface area contributed by atoms with Gasteiger partial charge < -0.3 is 19.8 Å². The average Bonchev–Trinajstić information content (AvgIpc) is 2.88. The van der Waals surface area contributed by atoms with Crippen molar-refractivity contribution in [3.63, 3.8) is 0 Å². The SMILES string of the molecule is CCCOc1nc(NC)nc(NCc2ncc(C)o2)n1. The van der Waals surface area contributed by atoms with Crippen LogP contribution in [-0.2, 0) is 6.54 Å². The summed E-state index contributed by atoms with van der Waals surface area (Å²) in [4.78, 5) is 16.6. The monoisotopic (exact) mass is 278 g/mol.